The summed E-state index contributed by atoms with van der Waals surface area (Å²) in [6.07, 6.45) is 2.10. The van der Waals surface area contributed by atoms with Crippen molar-refractivity contribution in [2.24, 2.45) is 9.98 Å². The van der Waals surface area contributed by atoms with Crippen LogP contribution in [0.1, 0.15) is 64.3 Å². The zero-order valence-electron chi connectivity index (χ0n) is 34.2. The molecule has 0 N–H and O–H groups in total. The molecular formula is C53H41Br5F4N4. The summed E-state index contributed by atoms with van der Waals surface area (Å²) in [7, 11) is 0. The minimum atomic E-state index is -0.615. The molecule has 6 aromatic carbocycles. The van der Waals surface area contributed by atoms with E-state index in [0.717, 1.165) is 59.3 Å². The van der Waals surface area contributed by atoms with Crippen molar-refractivity contribution in [3.63, 3.8) is 0 Å². The molecule has 13 heteroatoms. The van der Waals surface area contributed by atoms with Gasteiger partial charge in [-0.15, -0.1) is 0 Å². The van der Waals surface area contributed by atoms with Crippen molar-refractivity contribution in [1.82, 2.24) is 9.97 Å². The highest BCUT2D eigenvalue weighted by Gasteiger charge is 2.20. The Morgan fingerprint density at radius 1 is 0.515 bits per heavy atom. The van der Waals surface area contributed by atoms with E-state index < -0.39 is 29.3 Å². The van der Waals surface area contributed by atoms with E-state index in [-0.39, 0.29) is 19.9 Å². The number of nitrogens with zero attached hydrogens (tertiary/aromatic N) is 4. The van der Waals surface area contributed by atoms with Crippen LogP contribution in [0.4, 0.5) is 17.6 Å². The summed E-state index contributed by atoms with van der Waals surface area (Å²) >= 11 is 17.0. The molecule has 4 nitrogen and oxygen atoms in total. The Labute approximate surface area is 425 Å². The molecule has 1 unspecified atom stereocenters. The fraction of sp³-hybridized carbons (Fsp3) is 0.0943. The SMILES string of the molecule is Brc1ccc(Br)c(C=NC(c2ccccc2)c2ccccc2)n1.C.Fc1cc(F)cc(CBr)c1.Fc1cc(F)cc(CC(N=C(c2ccccc2)c2ccccc2)c2nc(Br)ccc2Br)c1. The number of halogens is 9. The van der Waals surface area contributed by atoms with Gasteiger partial charge in [-0.2, -0.15) is 0 Å². The molecule has 0 spiro atoms. The van der Waals surface area contributed by atoms with Gasteiger partial charge in [0.05, 0.1) is 29.2 Å². The van der Waals surface area contributed by atoms with Gasteiger partial charge in [-0.3, -0.25) is 9.98 Å². The molecule has 8 rings (SSSR count). The molecule has 336 valence electrons. The van der Waals surface area contributed by atoms with E-state index in [1.54, 1.807) is 0 Å². The Morgan fingerprint density at radius 2 is 0.939 bits per heavy atom. The molecule has 0 saturated carbocycles. The van der Waals surface area contributed by atoms with Crippen molar-refractivity contribution in [2.45, 2.75) is 31.3 Å². The van der Waals surface area contributed by atoms with E-state index in [9.17, 15) is 17.6 Å². The van der Waals surface area contributed by atoms with E-state index in [2.05, 4.69) is 114 Å². The Bertz CT molecular complexity index is 2720. The molecule has 66 heavy (non-hydrogen) atoms. The second-order valence-corrected chi connectivity index (χ2v) is 18.0. The Morgan fingerprint density at radius 3 is 1.41 bits per heavy atom. The van der Waals surface area contributed by atoms with Gasteiger partial charge in [0.1, 0.15) is 32.5 Å². The maximum Gasteiger partial charge on any atom is 0.126 e. The number of rotatable bonds is 11. The van der Waals surface area contributed by atoms with E-state index in [1.165, 1.54) is 24.3 Å². The zero-order chi connectivity index (χ0) is 46.1. The highest BCUT2D eigenvalue weighted by atomic mass is 79.9. The second-order valence-electron chi connectivity index (χ2n) is 14.1. The molecule has 2 heterocycles. The summed E-state index contributed by atoms with van der Waals surface area (Å²) in [4.78, 5) is 19.0. The second kappa shape index (κ2) is 26.4. The lowest BCUT2D eigenvalue weighted by Gasteiger charge is -2.18. The van der Waals surface area contributed by atoms with E-state index in [0.29, 0.717) is 26.8 Å². The summed E-state index contributed by atoms with van der Waals surface area (Å²) in [6.45, 7) is 0. The maximum atomic E-state index is 13.9. The van der Waals surface area contributed by atoms with Crippen molar-refractivity contribution in [1.29, 1.82) is 0 Å². The molecule has 0 aliphatic carbocycles. The zero-order valence-corrected chi connectivity index (χ0v) is 42.1. The number of hydrogen-bond acceptors (Lipinski definition) is 4. The predicted molar refractivity (Wildman–Crippen MR) is 279 cm³/mol. The van der Waals surface area contributed by atoms with Crippen LogP contribution < -0.4 is 0 Å². The first kappa shape index (κ1) is 52.1. The van der Waals surface area contributed by atoms with Crippen LogP contribution in [0.25, 0.3) is 0 Å². The maximum absolute atomic E-state index is 13.9. The van der Waals surface area contributed by atoms with Crippen LogP contribution in [-0.2, 0) is 11.8 Å². The summed E-state index contributed by atoms with van der Waals surface area (Å²) in [5.74, 6) is -2.30. The van der Waals surface area contributed by atoms with E-state index in [1.807, 2.05) is 128 Å². The van der Waals surface area contributed by atoms with Gasteiger partial charge in [-0.1, -0.05) is 145 Å². The molecule has 0 aliphatic rings. The number of hydrogen-bond donors (Lipinski definition) is 0. The highest BCUT2D eigenvalue weighted by Crippen LogP contribution is 2.32. The standard InChI is InChI=1S/C26H18Br2F2N2.C19H14Br2N2.C7H5BrF2.CH4/c27-22-11-12-24(28)32-26(22)23(15-17-13-20(29)16-21(30)14-17)31-25(18-7-3-1-4-8-18)19-9-5-2-6-10-19;20-16-11-12-18(21)23-17(16)13-22-19(14-7-3-1-4-8-14)15-9-5-2-6-10-15;8-4-5-1-6(9)3-7(10)2-5;/h1-14,16,23H,15H2;1-13,19H;1-3H,4H2;1H4. The van der Waals surface area contributed by atoms with Gasteiger partial charge < -0.3 is 0 Å². The number of pyridine rings is 2. The van der Waals surface area contributed by atoms with Gasteiger partial charge in [0.2, 0.25) is 0 Å². The third-order valence-electron chi connectivity index (χ3n) is 9.38. The molecule has 0 aliphatic heterocycles. The number of alkyl halides is 1. The minimum absolute atomic E-state index is 0. The van der Waals surface area contributed by atoms with Crippen LogP contribution in [0, 0.1) is 23.3 Å². The first-order valence-corrected chi connectivity index (χ1v) is 24.2. The van der Waals surface area contributed by atoms with Gasteiger partial charge >= 0.3 is 0 Å². The summed E-state index contributed by atoms with van der Waals surface area (Å²) < 4.78 is 55.7. The highest BCUT2D eigenvalue weighted by molar-refractivity contribution is 9.11. The quantitative estimate of drug-likeness (QED) is 0.0561. The fourth-order valence-corrected chi connectivity index (χ4v) is 8.26. The van der Waals surface area contributed by atoms with Crippen LogP contribution in [0.3, 0.4) is 0 Å². The smallest absolute Gasteiger partial charge is 0.126 e. The lowest BCUT2D eigenvalue weighted by atomic mass is 9.99. The van der Waals surface area contributed by atoms with Crippen LogP contribution >= 0.6 is 79.6 Å². The monoisotopic (exact) mass is 1200 g/mol. The van der Waals surface area contributed by atoms with Crippen LogP contribution in [0.15, 0.2) is 210 Å². The van der Waals surface area contributed by atoms with Crippen molar-refractivity contribution in [3.8, 4) is 0 Å². The van der Waals surface area contributed by atoms with Crippen LogP contribution in [-0.4, -0.2) is 21.9 Å². The Hall–Kier alpha value is -4.92. The average Bonchev–Trinajstić information content (AvgIpc) is 3.31. The molecular weight excluding hydrogens is 1170 g/mol. The number of benzene rings is 6. The number of aliphatic imine (C=N–C) groups is 2. The topological polar surface area (TPSA) is 50.5 Å². The van der Waals surface area contributed by atoms with Gasteiger partial charge in [0, 0.05) is 50.2 Å². The molecule has 8 aromatic rings. The third-order valence-corrected chi connectivity index (χ3v) is 12.2. The average molecular weight is 1210 g/mol. The predicted octanol–water partition coefficient (Wildman–Crippen LogP) is 17.0. The van der Waals surface area contributed by atoms with Crippen molar-refractivity contribution < 1.29 is 17.6 Å². The molecule has 0 radical (unpaired) electrons. The normalized spacial score (nSPS) is 11.1. The minimum Gasteiger partial charge on any atom is -0.278 e. The van der Waals surface area contributed by atoms with Crippen LogP contribution in [0.5, 0.6) is 0 Å². The molecule has 0 bridgehead atoms. The first-order chi connectivity index (χ1) is 31.4. The van der Waals surface area contributed by atoms with Crippen LogP contribution in [0.2, 0.25) is 0 Å². The van der Waals surface area contributed by atoms with E-state index >= 15 is 0 Å². The molecule has 2 aromatic heterocycles. The lowest BCUT2D eigenvalue weighted by Crippen LogP contribution is -2.11. The summed E-state index contributed by atoms with van der Waals surface area (Å²) in [5, 5.41) is 0.474. The van der Waals surface area contributed by atoms with Gasteiger partial charge in [0.15, 0.2) is 0 Å². The van der Waals surface area contributed by atoms with Gasteiger partial charge in [0.25, 0.3) is 0 Å². The molecule has 0 amide bonds. The van der Waals surface area contributed by atoms with Crippen molar-refractivity contribution in [2.75, 3.05) is 0 Å². The van der Waals surface area contributed by atoms with Gasteiger partial charge in [-0.25, -0.2) is 27.5 Å². The number of aromatic nitrogens is 2. The largest absolute Gasteiger partial charge is 0.278 e. The van der Waals surface area contributed by atoms with Gasteiger partial charge in [-0.05, 0) is 135 Å². The Balaban J connectivity index is 0.000000209. The summed E-state index contributed by atoms with van der Waals surface area (Å²) in [5.41, 5.74) is 7.57. The molecule has 1 atom stereocenters. The summed E-state index contributed by atoms with van der Waals surface area (Å²) in [6, 6.07) is 54.3. The Kier molecular flexibility index (Phi) is 20.8. The first-order valence-electron chi connectivity index (χ1n) is 19.9. The van der Waals surface area contributed by atoms with Crippen molar-refractivity contribution in [3.05, 3.63) is 268 Å². The van der Waals surface area contributed by atoms with E-state index in [4.69, 9.17) is 9.98 Å². The fourth-order valence-electron chi connectivity index (χ4n) is 6.48. The molecule has 0 saturated heterocycles. The molecule has 0 fully saturated rings. The van der Waals surface area contributed by atoms with Crippen molar-refractivity contribution >= 4 is 91.6 Å². The third kappa shape index (κ3) is 15.9. The lowest BCUT2D eigenvalue weighted by molar-refractivity contribution is 0.575.